The Morgan fingerprint density at radius 1 is 1.19 bits per heavy atom. The van der Waals surface area contributed by atoms with Crippen LogP contribution in [0.4, 0.5) is 0 Å². The van der Waals surface area contributed by atoms with Crippen molar-refractivity contribution in [3.8, 4) is 0 Å². The van der Waals surface area contributed by atoms with Gasteiger partial charge in [-0.15, -0.1) is 0 Å². The number of ether oxygens (including phenoxy) is 1. The van der Waals surface area contributed by atoms with Crippen molar-refractivity contribution < 1.29 is 4.74 Å². The number of likely N-dealkylation sites (N-methyl/N-ethyl adjacent to an activating group) is 1. The molecule has 0 saturated carbocycles. The van der Waals surface area contributed by atoms with Crippen molar-refractivity contribution in [3.05, 3.63) is 34.3 Å². The minimum atomic E-state index is -0.126. The first-order valence-corrected chi connectivity index (χ1v) is 8.53. The molecule has 1 aromatic carbocycles. The molecule has 0 amide bonds. The molecule has 1 atom stereocenters. The van der Waals surface area contributed by atoms with Crippen LogP contribution in [-0.4, -0.2) is 24.8 Å². The van der Waals surface area contributed by atoms with Gasteiger partial charge in [0.1, 0.15) is 0 Å². The molecule has 0 aliphatic rings. The third-order valence-corrected chi connectivity index (χ3v) is 4.70. The largest absolute Gasteiger partial charge is 0.374 e. The maximum Gasteiger partial charge on any atom is 0.0832 e. The van der Waals surface area contributed by atoms with Crippen molar-refractivity contribution in [1.29, 1.82) is 0 Å². The monoisotopic (exact) mass is 311 g/mol. The molecule has 1 N–H and O–H groups in total. The molecule has 0 aliphatic carbocycles. The van der Waals surface area contributed by atoms with Crippen LogP contribution in [0.15, 0.2) is 18.2 Å². The number of hydrogen-bond donors (Lipinski definition) is 1. The average Bonchev–Trinajstić information content (AvgIpc) is 2.47. The lowest BCUT2D eigenvalue weighted by atomic mass is 9.84. The summed E-state index contributed by atoms with van der Waals surface area (Å²) < 4.78 is 6.17. The van der Waals surface area contributed by atoms with Gasteiger partial charge in [0.05, 0.1) is 5.60 Å². The van der Waals surface area contributed by atoms with Crippen LogP contribution in [0.2, 0.25) is 5.02 Å². The number of benzene rings is 1. The standard InChI is InChI=1S/C18H30ClNO/c1-6-18(7-2,21-9-4)17(20-8-3)13-15-11-10-14(5)12-16(15)19/h10-12,17,20H,6-9,13H2,1-5H3. The van der Waals surface area contributed by atoms with Gasteiger partial charge in [-0.05, 0) is 56.8 Å². The van der Waals surface area contributed by atoms with E-state index in [1.807, 2.05) is 6.07 Å². The summed E-state index contributed by atoms with van der Waals surface area (Å²) in [5, 5.41) is 4.47. The van der Waals surface area contributed by atoms with Crippen molar-refractivity contribution in [1.82, 2.24) is 5.32 Å². The third kappa shape index (κ3) is 4.70. The highest BCUT2D eigenvalue weighted by atomic mass is 35.5. The van der Waals surface area contributed by atoms with E-state index < -0.39 is 0 Å². The average molecular weight is 312 g/mol. The Kier molecular flexibility index (Phi) is 7.72. The molecule has 0 saturated heterocycles. The van der Waals surface area contributed by atoms with Crippen LogP contribution in [0.25, 0.3) is 0 Å². The maximum absolute atomic E-state index is 6.42. The zero-order valence-corrected chi connectivity index (χ0v) is 14.9. The van der Waals surface area contributed by atoms with Crippen LogP contribution in [0, 0.1) is 6.92 Å². The van der Waals surface area contributed by atoms with Crippen molar-refractivity contribution in [2.45, 2.75) is 65.5 Å². The van der Waals surface area contributed by atoms with E-state index in [4.69, 9.17) is 16.3 Å². The van der Waals surface area contributed by atoms with Gasteiger partial charge in [-0.1, -0.05) is 44.5 Å². The Morgan fingerprint density at radius 2 is 1.86 bits per heavy atom. The molecule has 21 heavy (non-hydrogen) atoms. The summed E-state index contributed by atoms with van der Waals surface area (Å²) in [5.74, 6) is 0. The van der Waals surface area contributed by atoms with E-state index in [1.165, 1.54) is 11.1 Å². The van der Waals surface area contributed by atoms with Crippen molar-refractivity contribution in [2.24, 2.45) is 0 Å². The second-order valence-electron chi connectivity index (χ2n) is 5.61. The summed E-state index contributed by atoms with van der Waals surface area (Å²) in [4.78, 5) is 0. The SMILES string of the molecule is CCNC(Cc1ccc(C)cc1Cl)C(CC)(CC)OCC. The molecule has 0 bridgehead atoms. The highest BCUT2D eigenvalue weighted by molar-refractivity contribution is 6.31. The van der Waals surface area contributed by atoms with Gasteiger partial charge in [0.15, 0.2) is 0 Å². The molecular weight excluding hydrogens is 282 g/mol. The van der Waals surface area contributed by atoms with Crippen LogP contribution in [0.5, 0.6) is 0 Å². The van der Waals surface area contributed by atoms with E-state index in [2.05, 4.69) is 52.1 Å². The molecule has 0 fully saturated rings. The molecule has 0 aromatic heterocycles. The van der Waals surface area contributed by atoms with Gasteiger partial charge < -0.3 is 10.1 Å². The van der Waals surface area contributed by atoms with Gasteiger partial charge in [0, 0.05) is 17.7 Å². The Hall–Kier alpha value is -0.570. The lowest BCUT2D eigenvalue weighted by molar-refractivity contribution is -0.0715. The normalized spacial score (nSPS) is 13.4. The smallest absolute Gasteiger partial charge is 0.0832 e. The Morgan fingerprint density at radius 3 is 2.33 bits per heavy atom. The van der Waals surface area contributed by atoms with E-state index in [-0.39, 0.29) is 11.6 Å². The Labute approximate surface area is 135 Å². The second kappa shape index (κ2) is 8.77. The van der Waals surface area contributed by atoms with Crippen LogP contribution in [0.3, 0.4) is 0 Å². The number of nitrogens with one attached hydrogen (secondary N) is 1. The van der Waals surface area contributed by atoms with E-state index in [0.717, 1.165) is 37.4 Å². The number of rotatable bonds is 9. The molecular formula is C18H30ClNO. The first kappa shape index (κ1) is 18.5. The van der Waals surface area contributed by atoms with E-state index in [0.29, 0.717) is 0 Å². The predicted molar refractivity (Wildman–Crippen MR) is 92.3 cm³/mol. The summed E-state index contributed by atoms with van der Waals surface area (Å²) in [6, 6.07) is 6.59. The summed E-state index contributed by atoms with van der Waals surface area (Å²) >= 11 is 6.42. The van der Waals surface area contributed by atoms with Crippen molar-refractivity contribution >= 4 is 11.6 Å². The van der Waals surface area contributed by atoms with E-state index in [9.17, 15) is 0 Å². The quantitative estimate of drug-likeness (QED) is 0.709. The Bertz CT molecular complexity index is 429. The molecule has 1 rings (SSSR count). The second-order valence-corrected chi connectivity index (χ2v) is 6.02. The fourth-order valence-corrected chi connectivity index (χ4v) is 3.38. The van der Waals surface area contributed by atoms with Gasteiger partial charge in [-0.2, -0.15) is 0 Å². The molecule has 0 aliphatic heterocycles. The van der Waals surface area contributed by atoms with Crippen molar-refractivity contribution in [3.63, 3.8) is 0 Å². The zero-order valence-electron chi connectivity index (χ0n) is 14.1. The van der Waals surface area contributed by atoms with Gasteiger partial charge in [-0.3, -0.25) is 0 Å². The van der Waals surface area contributed by atoms with Crippen LogP contribution in [-0.2, 0) is 11.2 Å². The zero-order chi connectivity index (χ0) is 15.9. The lowest BCUT2D eigenvalue weighted by Gasteiger charge is -2.40. The fraction of sp³-hybridized carbons (Fsp3) is 0.667. The third-order valence-electron chi connectivity index (χ3n) is 4.35. The molecule has 2 nitrogen and oxygen atoms in total. The summed E-state index contributed by atoms with van der Waals surface area (Å²) in [7, 11) is 0. The Balaban J connectivity index is 3.04. The molecule has 120 valence electrons. The van der Waals surface area contributed by atoms with E-state index in [1.54, 1.807) is 0 Å². The van der Waals surface area contributed by atoms with Gasteiger partial charge in [-0.25, -0.2) is 0 Å². The van der Waals surface area contributed by atoms with Crippen LogP contribution < -0.4 is 5.32 Å². The number of aryl methyl sites for hydroxylation is 1. The van der Waals surface area contributed by atoms with Gasteiger partial charge in [0.25, 0.3) is 0 Å². The van der Waals surface area contributed by atoms with Gasteiger partial charge >= 0.3 is 0 Å². The highest BCUT2D eigenvalue weighted by Crippen LogP contribution is 2.29. The van der Waals surface area contributed by atoms with Crippen LogP contribution in [0.1, 0.15) is 51.7 Å². The minimum absolute atomic E-state index is 0.126. The fourth-order valence-electron chi connectivity index (χ4n) is 3.06. The number of halogens is 1. The molecule has 3 heteroatoms. The van der Waals surface area contributed by atoms with Crippen LogP contribution >= 0.6 is 11.6 Å². The topological polar surface area (TPSA) is 21.3 Å². The lowest BCUT2D eigenvalue weighted by Crippen LogP contribution is -2.53. The first-order valence-electron chi connectivity index (χ1n) is 8.15. The van der Waals surface area contributed by atoms with Crippen molar-refractivity contribution in [2.75, 3.05) is 13.2 Å². The maximum atomic E-state index is 6.42. The predicted octanol–water partition coefficient (Wildman–Crippen LogP) is 4.76. The molecule has 0 heterocycles. The summed E-state index contributed by atoms with van der Waals surface area (Å²) in [5.41, 5.74) is 2.27. The molecule has 0 spiro atoms. The summed E-state index contributed by atoms with van der Waals surface area (Å²) in [6.45, 7) is 12.4. The summed E-state index contributed by atoms with van der Waals surface area (Å²) in [6.07, 6.45) is 2.89. The van der Waals surface area contributed by atoms with Gasteiger partial charge in [0.2, 0.25) is 0 Å². The van der Waals surface area contributed by atoms with E-state index >= 15 is 0 Å². The molecule has 0 radical (unpaired) electrons. The molecule has 1 unspecified atom stereocenters. The first-order chi connectivity index (χ1) is 10.0. The number of hydrogen-bond acceptors (Lipinski definition) is 2. The minimum Gasteiger partial charge on any atom is -0.374 e. The highest BCUT2D eigenvalue weighted by Gasteiger charge is 2.36. The molecule has 1 aromatic rings.